The lowest BCUT2D eigenvalue weighted by molar-refractivity contribution is 0.0743. The fourth-order valence-corrected chi connectivity index (χ4v) is 3.77. The zero-order valence-electron chi connectivity index (χ0n) is 17.3. The van der Waals surface area contributed by atoms with Crippen LogP contribution < -0.4 is 14.5 Å². The van der Waals surface area contributed by atoms with Crippen LogP contribution in [-0.2, 0) is 7.05 Å². The van der Waals surface area contributed by atoms with Gasteiger partial charge in [-0.15, -0.1) is 15.3 Å². The summed E-state index contributed by atoms with van der Waals surface area (Å²) in [6.45, 7) is 6.72. The number of nitrogens with zero attached hydrogens (tertiary/aromatic N) is 8. The molecule has 10 heteroatoms. The van der Waals surface area contributed by atoms with Crippen molar-refractivity contribution in [1.82, 2.24) is 29.8 Å². The maximum atomic E-state index is 12.8. The SMILES string of the molecule is COc1nn(C)cc1C(=O)N1CCN(c2ccc(N3CCN(C)CC3)nn2)CC1. The Morgan fingerprint density at radius 1 is 0.897 bits per heavy atom. The minimum atomic E-state index is -0.0499. The molecule has 1 amide bonds. The van der Waals surface area contributed by atoms with E-state index < -0.39 is 0 Å². The molecule has 0 aliphatic carbocycles. The fourth-order valence-electron chi connectivity index (χ4n) is 3.77. The van der Waals surface area contributed by atoms with Gasteiger partial charge in [0.15, 0.2) is 11.6 Å². The van der Waals surface area contributed by atoms with Gasteiger partial charge in [0, 0.05) is 65.6 Å². The monoisotopic (exact) mass is 400 g/mol. The Labute approximate surface area is 170 Å². The first-order valence-corrected chi connectivity index (χ1v) is 9.94. The number of hydrogen-bond donors (Lipinski definition) is 0. The van der Waals surface area contributed by atoms with Gasteiger partial charge in [0.05, 0.1) is 7.11 Å². The van der Waals surface area contributed by atoms with Gasteiger partial charge in [-0.3, -0.25) is 9.48 Å². The quantitative estimate of drug-likeness (QED) is 0.706. The van der Waals surface area contributed by atoms with Crippen molar-refractivity contribution in [3.63, 3.8) is 0 Å². The van der Waals surface area contributed by atoms with E-state index in [1.54, 1.807) is 17.9 Å². The van der Waals surface area contributed by atoms with E-state index in [0.29, 0.717) is 24.5 Å². The van der Waals surface area contributed by atoms with Gasteiger partial charge in [-0.1, -0.05) is 0 Å². The van der Waals surface area contributed by atoms with Crippen molar-refractivity contribution in [3.05, 3.63) is 23.9 Å². The first kappa shape index (κ1) is 19.4. The number of methoxy groups -OCH3 is 1. The number of amides is 1. The molecule has 2 aliphatic heterocycles. The molecule has 0 saturated carbocycles. The Balaban J connectivity index is 1.35. The Bertz CT molecular complexity index is 836. The highest BCUT2D eigenvalue weighted by Gasteiger charge is 2.27. The number of aromatic nitrogens is 4. The fraction of sp³-hybridized carbons (Fsp3) is 0.579. The number of aryl methyl sites for hydroxylation is 1. The average molecular weight is 400 g/mol. The van der Waals surface area contributed by atoms with Crippen LogP contribution in [0, 0.1) is 0 Å². The highest BCUT2D eigenvalue weighted by atomic mass is 16.5. The number of likely N-dealkylation sites (N-methyl/N-ethyl adjacent to an activating group) is 1. The smallest absolute Gasteiger partial charge is 0.261 e. The highest BCUT2D eigenvalue weighted by molar-refractivity contribution is 5.96. The lowest BCUT2D eigenvalue weighted by atomic mass is 10.2. The molecule has 156 valence electrons. The topological polar surface area (TPSA) is 82.9 Å². The van der Waals surface area contributed by atoms with E-state index in [1.807, 2.05) is 17.0 Å². The van der Waals surface area contributed by atoms with Gasteiger partial charge in [0.1, 0.15) is 5.56 Å². The molecule has 4 rings (SSSR count). The normalized spacial score (nSPS) is 18.2. The summed E-state index contributed by atoms with van der Waals surface area (Å²) in [5.41, 5.74) is 0.500. The largest absolute Gasteiger partial charge is 0.479 e. The van der Waals surface area contributed by atoms with Crippen LogP contribution in [0.4, 0.5) is 11.6 Å². The van der Waals surface area contributed by atoms with Crippen molar-refractivity contribution < 1.29 is 9.53 Å². The van der Waals surface area contributed by atoms with E-state index in [9.17, 15) is 4.79 Å². The van der Waals surface area contributed by atoms with Crippen LogP contribution in [0.1, 0.15) is 10.4 Å². The molecular formula is C19H28N8O2. The third-order valence-electron chi connectivity index (χ3n) is 5.57. The van der Waals surface area contributed by atoms with Gasteiger partial charge < -0.3 is 24.3 Å². The second kappa shape index (κ2) is 8.24. The Morgan fingerprint density at radius 2 is 1.45 bits per heavy atom. The second-order valence-corrected chi connectivity index (χ2v) is 7.55. The molecule has 2 aromatic rings. The summed E-state index contributed by atoms with van der Waals surface area (Å²) in [7, 11) is 5.45. The molecule has 4 heterocycles. The first-order chi connectivity index (χ1) is 14.0. The lowest BCUT2D eigenvalue weighted by Crippen LogP contribution is -2.49. The number of carbonyl (C=O) groups is 1. The summed E-state index contributed by atoms with van der Waals surface area (Å²) in [6, 6.07) is 4.08. The van der Waals surface area contributed by atoms with Crippen LogP contribution in [0.2, 0.25) is 0 Å². The summed E-state index contributed by atoms with van der Waals surface area (Å²) < 4.78 is 6.82. The molecule has 0 spiro atoms. The zero-order chi connectivity index (χ0) is 20.4. The van der Waals surface area contributed by atoms with Crippen LogP contribution >= 0.6 is 0 Å². The summed E-state index contributed by atoms with van der Waals surface area (Å²) in [5, 5.41) is 13.0. The molecule has 0 atom stereocenters. The first-order valence-electron chi connectivity index (χ1n) is 9.94. The van der Waals surface area contributed by atoms with Gasteiger partial charge in [-0.25, -0.2) is 0 Å². The van der Waals surface area contributed by atoms with Gasteiger partial charge >= 0.3 is 0 Å². The van der Waals surface area contributed by atoms with Crippen LogP contribution in [0.5, 0.6) is 5.88 Å². The van der Waals surface area contributed by atoms with Crippen molar-refractivity contribution in [2.45, 2.75) is 0 Å². The molecule has 0 unspecified atom stereocenters. The molecule has 0 radical (unpaired) electrons. The summed E-state index contributed by atoms with van der Waals surface area (Å²) in [5.74, 6) is 2.10. The lowest BCUT2D eigenvalue weighted by Gasteiger charge is -2.35. The third kappa shape index (κ3) is 4.12. The van der Waals surface area contributed by atoms with Gasteiger partial charge in [-0.2, -0.15) is 0 Å². The van der Waals surface area contributed by atoms with Gasteiger partial charge in [0.25, 0.3) is 5.91 Å². The van der Waals surface area contributed by atoms with Crippen LogP contribution in [0.25, 0.3) is 0 Å². The van der Waals surface area contributed by atoms with Crippen molar-refractivity contribution in [2.24, 2.45) is 7.05 Å². The molecule has 10 nitrogen and oxygen atoms in total. The summed E-state index contributed by atoms with van der Waals surface area (Å²) >= 11 is 0. The number of hydrogen-bond acceptors (Lipinski definition) is 8. The Hall–Kier alpha value is -2.88. The predicted octanol–water partition coefficient (Wildman–Crippen LogP) is -0.0671. The van der Waals surface area contributed by atoms with Crippen LogP contribution in [0.15, 0.2) is 18.3 Å². The van der Waals surface area contributed by atoms with E-state index in [2.05, 4.69) is 37.0 Å². The number of rotatable bonds is 4. The second-order valence-electron chi connectivity index (χ2n) is 7.55. The summed E-state index contributed by atoms with van der Waals surface area (Å²) in [6.07, 6.45) is 1.70. The Kier molecular flexibility index (Phi) is 5.52. The van der Waals surface area contributed by atoms with Gasteiger partial charge in [-0.05, 0) is 19.2 Å². The standard InChI is InChI=1S/C19H28N8O2/c1-23-6-8-25(9-7-23)16-4-5-17(21-20-16)26-10-12-27(13-11-26)19(28)15-14-24(2)22-18(15)29-3/h4-5,14H,6-13H2,1-3H3. The minimum absolute atomic E-state index is 0.0499. The van der Waals surface area contributed by atoms with E-state index in [1.165, 1.54) is 7.11 Å². The third-order valence-corrected chi connectivity index (χ3v) is 5.57. The van der Waals surface area contributed by atoms with E-state index in [4.69, 9.17) is 4.74 Å². The molecule has 2 fully saturated rings. The number of ether oxygens (including phenoxy) is 1. The predicted molar refractivity (Wildman–Crippen MR) is 110 cm³/mol. The molecule has 0 N–H and O–H groups in total. The van der Waals surface area contributed by atoms with Crippen LogP contribution in [0.3, 0.4) is 0 Å². The molecule has 0 bridgehead atoms. The molecule has 2 saturated heterocycles. The maximum Gasteiger partial charge on any atom is 0.261 e. The van der Waals surface area contributed by atoms with Crippen molar-refractivity contribution in [2.75, 3.05) is 76.3 Å². The molecular weight excluding hydrogens is 372 g/mol. The Morgan fingerprint density at radius 3 is 1.97 bits per heavy atom. The number of piperazine rings is 2. The molecule has 29 heavy (non-hydrogen) atoms. The summed E-state index contributed by atoms with van der Waals surface area (Å²) in [4.78, 5) is 21.4. The molecule has 2 aromatic heterocycles. The number of anilines is 2. The van der Waals surface area contributed by atoms with Crippen molar-refractivity contribution in [3.8, 4) is 5.88 Å². The number of carbonyl (C=O) groups excluding carboxylic acids is 1. The van der Waals surface area contributed by atoms with Crippen molar-refractivity contribution in [1.29, 1.82) is 0 Å². The molecule has 0 aromatic carbocycles. The van der Waals surface area contributed by atoms with Crippen molar-refractivity contribution >= 4 is 17.5 Å². The maximum absolute atomic E-state index is 12.8. The average Bonchev–Trinajstić information content (AvgIpc) is 3.15. The van der Waals surface area contributed by atoms with Crippen LogP contribution in [-0.4, -0.2) is 102 Å². The zero-order valence-corrected chi connectivity index (χ0v) is 17.3. The van der Waals surface area contributed by atoms with E-state index >= 15 is 0 Å². The molecule has 2 aliphatic rings. The van der Waals surface area contributed by atoms with E-state index in [0.717, 1.165) is 50.9 Å². The van der Waals surface area contributed by atoms with E-state index in [-0.39, 0.29) is 5.91 Å². The minimum Gasteiger partial charge on any atom is -0.479 e. The van der Waals surface area contributed by atoms with Gasteiger partial charge in [0.2, 0.25) is 5.88 Å². The highest BCUT2D eigenvalue weighted by Crippen LogP contribution is 2.21.